The van der Waals surface area contributed by atoms with Crippen molar-refractivity contribution in [3.8, 4) is 0 Å². The van der Waals surface area contributed by atoms with Gasteiger partial charge in [-0.15, -0.1) is 10.2 Å². The average molecular weight is 374 g/mol. The average Bonchev–Trinajstić information content (AvgIpc) is 3.27. The molecule has 0 aliphatic rings. The highest BCUT2D eigenvalue weighted by Gasteiger charge is 2.15. The molecule has 0 spiro atoms. The molecule has 0 saturated carbocycles. The molecule has 0 aliphatic carbocycles. The number of halogens is 1. The number of carbonyl (C=O) groups is 1. The van der Waals surface area contributed by atoms with Crippen LogP contribution in [0.3, 0.4) is 0 Å². The number of para-hydroxylation sites is 1. The van der Waals surface area contributed by atoms with Gasteiger partial charge in [-0.1, -0.05) is 30.8 Å². The van der Waals surface area contributed by atoms with E-state index in [1.165, 1.54) is 23.9 Å². The fourth-order valence-electron chi connectivity index (χ4n) is 2.43. The van der Waals surface area contributed by atoms with E-state index in [4.69, 9.17) is 4.42 Å². The molecule has 26 heavy (non-hydrogen) atoms. The van der Waals surface area contributed by atoms with Crippen LogP contribution in [0.25, 0.3) is 0 Å². The molecule has 1 aromatic carbocycles. The zero-order valence-electron chi connectivity index (χ0n) is 14.3. The number of thioether (sulfide) groups is 1. The molecule has 1 N–H and O–H groups in total. The topological polar surface area (TPSA) is 73.0 Å². The standard InChI is InChI=1S/C18H19FN4O2S/c1-2-6-16-21-22-18(23(16)11-13-7-5-10-25-13)26-12-17(24)20-15-9-4-3-8-14(15)19/h3-5,7-10H,2,6,11-12H2,1H3,(H,20,24). The Morgan fingerprint density at radius 3 is 2.85 bits per heavy atom. The van der Waals surface area contributed by atoms with Crippen molar-refractivity contribution in [2.24, 2.45) is 0 Å². The Balaban J connectivity index is 1.67. The first kappa shape index (κ1) is 18.2. The highest BCUT2D eigenvalue weighted by molar-refractivity contribution is 7.99. The van der Waals surface area contributed by atoms with Gasteiger partial charge in [0.2, 0.25) is 5.91 Å². The Morgan fingerprint density at radius 1 is 1.27 bits per heavy atom. The second kappa shape index (κ2) is 8.66. The van der Waals surface area contributed by atoms with E-state index in [2.05, 4.69) is 22.4 Å². The second-order valence-electron chi connectivity index (χ2n) is 5.63. The maximum atomic E-state index is 13.6. The summed E-state index contributed by atoms with van der Waals surface area (Å²) in [6, 6.07) is 9.79. The van der Waals surface area contributed by atoms with Crippen molar-refractivity contribution < 1.29 is 13.6 Å². The lowest BCUT2D eigenvalue weighted by molar-refractivity contribution is -0.113. The van der Waals surface area contributed by atoms with Crippen molar-refractivity contribution >= 4 is 23.4 Å². The number of nitrogens with zero attached hydrogens (tertiary/aromatic N) is 3. The summed E-state index contributed by atoms with van der Waals surface area (Å²) >= 11 is 1.26. The Hall–Kier alpha value is -2.61. The van der Waals surface area contributed by atoms with E-state index in [1.807, 2.05) is 16.7 Å². The number of anilines is 1. The Bertz CT molecular complexity index is 864. The third-order valence-corrected chi connectivity index (χ3v) is 4.61. The van der Waals surface area contributed by atoms with E-state index in [1.54, 1.807) is 18.4 Å². The maximum absolute atomic E-state index is 13.6. The first-order valence-electron chi connectivity index (χ1n) is 8.29. The number of furan rings is 1. The van der Waals surface area contributed by atoms with E-state index in [-0.39, 0.29) is 17.3 Å². The molecule has 3 aromatic rings. The Morgan fingerprint density at radius 2 is 2.12 bits per heavy atom. The van der Waals surface area contributed by atoms with Gasteiger partial charge < -0.3 is 9.73 Å². The monoisotopic (exact) mass is 374 g/mol. The fraction of sp³-hybridized carbons (Fsp3) is 0.278. The normalized spacial score (nSPS) is 10.8. The van der Waals surface area contributed by atoms with E-state index in [0.29, 0.717) is 11.7 Å². The molecule has 0 atom stereocenters. The van der Waals surface area contributed by atoms with Crippen molar-refractivity contribution in [2.45, 2.75) is 31.5 Å². The van der Waals surface area contributed by atoms with Gasteiger partial charge in [-0.3, -0.25) is 9.36 Å². The number of rotatable bonds is 8. The number of hydrogen-bond donors (Lipinski definition) is 1. The van der Waals surface area contributed by atoms with Gasteiger partial charge in [0.1, 0.15) is 17.4 Å². The summed E-state index contributed by atoms with van der Waals surface area (Å²) in [5.41, 5.74) is 0.168. The molecule has 0 saturated heterocycles. The SMILES string of the molecule is CCCc1nnc(SCC(=O)Nc2ccccc2F)n1Cc1ccco1. The number of aromatic nitrogens is 3. The van der Waals surface area contributed by atoms with Gasteiger partial charge in [0.15, 0.2) is 5.16 Å². The second-order valence-corrected chi connectivity index (χ2v) is 6.57. The van der Waals surface area contributed by atoms with Crippen LogP contribution in [0, 0.1) is 5.82 Å². The molecule has 0 fully saturated rings. The third kappa shape index (κ3) is 4.51. The molecule has 6 nitrogen and oxygen atoms in total. The van der Waals surface area contributed by atoms with Crippen LogP contribution in [0.5, 0.6) is 0 Å². The highest BCUT2D eigenvalue weighted by Crippen LogP contribution is 2.21. The summed E-state index contributed by atoms with van der Waals surface area (Å²) < 4.78 is 21.0. The summed E-state index contributed by atoms with van der Waals surface area (Å²) in [6.45, 7) is 2.58. The molecule has 2 aromatic heterocycles. The van der Waals surface area contributed by atoms with E-state index < -0.39 is 5.82 Å². The first-order valence-corrected chi connectivity index (χ1v) is 9.27. The molecule has 0 bridgehead atoms. The zero-order valence-corrected chi connectivity index (χ0v) is 15.1. The lowest BCUT2D eigenvalue weighted by Crippen LogP contribution is -2.15. The number of carbonyl (C=O) groups excluding carboxylic acids is 1. The molecule has 0 radical (unpaired) electrons. The van der Waals surface area contributed by atoms with Crippen LogP contribution in [-0.4, -0.2) is 26.4 Å². The van der Waals surface area contributed by atoms with E-state index >= 15 is 0 Å². The van der Waals surface area contributed by atoms with Crippen LogP contribution >= 0.6 is 11.8 Å². The number of benzene rings is 1. The largest absolute Gasteiger partial charge is 0.467 e. The van der Waals surface area contributed by atoms with Gasteiger partial charge in [-0.2, -0.15) is 0 Å². The third-order valence-electron chi connectivity index (χ3n) is 3.64. The molecule has 3 rings (SSSR count). The molecular weight excluding hydrogens is 355 g/mol. The zero-order chi connectivity index (χ0) is 18.4. The molecule has 2 heterocycles. The van der Waals surface area contributed by atoms with Gasteiger partial charge in [-0.25, -0.2) is 4.39 Å². The minimum Gasteiger partial charge on any atom is -0.467 e. The van der Waals surface area contributed by atoms with E-state index in [9.17, 15) is 9.18 Å². The summed E-state index contributed by atoms with van der Waals surface area (Å²) in [7, 11) is 0. The minimum atomic E-state index is -0.461. The van der Waals surface area contributed by atoms with Crippen LogP contribution in [0.2, 0.25) is 0 Å². The molecule has 0 aliphatic heterocycles. The molecule has 8 heteroatoms. The van der Waals surface area contributed by atoms with Crippen molar-refractivity contribution in [3.63, 3.8) is 0 Å². The van der Waals surface area contributed by atoms with Gasteiger partial charge in [0.05, 0.1) is 24.2 Å². The van der Waals surface area contributed by atoms with Crippen molar-refractivity contribution in [2.75, 3.05) is 11.1 Å². The van der Waals surface area contributed by atoms with Gasteiger partial charge in [-0.05, 0) is 30.7 Å². The van der Waals surface area contributed by atoms with Crippen molar-refractivity contribution in [1.29, 1.82) is 0 Å². The van der Waals surface area contributed by atoms with Gasteiger partial charge in [0.25, 0.3) is 0 Å². The molecule has 0 unspecified atom stereocenters. The number of amides is 1. The lowest BCUT2D eigenvalue weighted by Gasteiger charge is -2.09. The first-order chi connectivity index (χ1) is 12.7. The van der Waals surface area contributed by atoms with Crippen molar-refractivity contribution in [1.82, 2.24) is 14.8 Å². The highest BCUT2D eigenvalue weighted by atomic mass is 32.2. The summed E-state index contributed by atoms with van der Waals surface area (Å²) in [5, 5.41) is 11.6. The van der Waals surface area contributed by atoms with Crippen LogP contribution in [0.1, 0.15) is 24.9 Å². The number of hydrogen-bond acceptors (Lipinski definition) is 5. The van der Waals surface area contributed by atoms with Gasteiger partial charge in [0, 0.05) is 6.42 Å². The Labute approximate surface area is 154 Å². The predicted molar refractivity (Wildman–Crippen MR) is 97.6 cm³/mol. The maximum Gasteiger partial charge on any atom is 0.234 e. The number of nitrogens with one attached hydrogen (secondary N) is 1. The van der Waals surface area contributed by atoms with Crippen LogP contribution in [-0.2, 0) is 17.8 Å². The molecular formula is C18H19FN4O2S. The number of aryl methyl sites for hydroxylation is 1. The minimum absolute atomic E-state index is 0.108. The molecule has 1 amide bonds. The fourth-order valence-corrected chi connectivity index (χ4v) is 3.19. The van der Waals surface area contributed by atoms with E-state index in [0.717, 1.165) is 24.4 Å². The lowest BCUT2D eigenvalue weighted by atomic mass is 10.3. The van der Waals surface area contributed by atoms with Gasteiger partial charge >= 0.3 is 0 Å². The summed E-state index contributed by atoms with van der Waals surface area (Å²) in [4.78, 5) is 12.1. The predicted octanol–water partition coefficient (Wildman–Crippen LogP) is 3.74. The smallest absolute Gasteiger partial charge is 0.234 e. The van der Waals surface area contributed by atoms with Crippen molar-refractivity contribution in [3.05, 3.63) is 60.1 Å². The Kier molecular flexibility index (Phi) is 6.06. The van der Waals surface area contributed by atoms with Crippen LogP contribution < -0.4 is 5.32 Å². The molecule has 136 valence electrons. The quantitative estimate of drug-likeness (QED) is 0.608. The van der Waals surface area contributed by atoms with Crippen LogP contribution in [0.4, 0.5) is 10.1 Å². The summed E-state index contributed by atoms with van der Waals surface area (Å²) in [5.74, 6) is 0.985. The van der Waals surface area contributed by atoms with Crippen LogP contribution in [0.15, 0.2) is 52.2 Å². The summed E-state index contributed by atoms with van der Waals surface area (Å²) in [6.07, 6.45) is 3.35.